The van der Waals surface area contributed by atoms with Crippen molar-refractivity contribution in [2.75, 3.05) is 4.90 Å². The van der Waals surface area contributed by atoms with Gasteiger partial charge in [0.05, 0.1) is 5.69 Å². The van der Waals surface area contributed by atoms with Crippen molar-refractivity contribution in [2.24, 2.45) is 0 Å². The molecule has 0 aliphatic heterocycles. The maximum atomic E-state index is 2.43. The van der Waals surface area contributed by atoms with E-state index in [1.165, 1.54) is 69.3 Å². The van der Waals surface area contributed by atoms with Gasteiger partial charge < -0.3 is 4.90 Å². The van der Waals surface area contributed by atoms with E-state index in [1.54, 1.807) is 0 Å². The van der Waals surface area contributed by atoms with Gasteiger partial charge in [0.25, 0.3) is 0 Å². The summed E-state index contributed by atoms with van der Waals surface area (Å²) in [7, 11) is 0. The molecule has 2 heteroatoms. The molecule has 0 N–H and O–H groups in total. The van der Waals surface area contributed by atoms with Crippen LogP contribution in [0.25, 0.3) is 63.6 Å². The SMILES string of the molecule is c1ccc(-c2ccc(N(c3ccc4c(c3)sc3ccccc34)c3cccc4c3ccc3ccc5ccccc5c34)cc2)cc1. The molecule has 0 bridgehead atoms. The van der Waals surface area contributed by atoms with Crippen LogP contribution in [-0.4, -0.2) is 0 Å². The Labute approximate surface area is 259 Å². The number of thiophene rings is 1. The van der Waals surface area contributed by atoms with Crippen LogP contribution in [0, 0.1) is 0 Å². The number of benzene rings is 8. The molecule has 1 aromatic heterocycles. The minimum Gasteiger partial charge on any atom is -0.310 e. The van der Waals surface area contributed by atoms with Crippen LogP contribution in [0.2, 0.25) is 0 Å². The van der Waals surface area contributed by atoms with Gasteiger partial charge in [-0.3, -0.25) is 0 Å². The highest BCUT2D eigenvalue weighted by molar-refractivity contribution is 7.25. The molecule has 0 saturated heterocycles. The van der Waals surface area contributed by atoms with Crippen molar-refractivity contribution >= 4 is 80.9 Å². The van der Waals surface area contributed by atoms with Crippen molar-refractivity contribution in [3.8, 4) is 11.1 Å². The van der Waals surface area contributed by atoms with Crippen molar-refractivity contribution in [1.29, 1.82) is 0 Å². The number of fused-ring (bicyclic) bond motifs is 8. The molecule has 0 aliphatic rings. The van der Waals surface area contributed by atoms with Gasteiger partial charge in [0.15, 0.2) is 0 Å². The third-order valence-corrected chi connectivity index (χ3v) is 9.97. The third-order valence-electron chi connectivity index (χ3n) is 8.84. The van der Waals surface area contributed by atoms with E-state index in [0.29, 0.717) is 0 Å². The molecule has 44 heavy (non-hydrogen) atoms. The number of nitrogens with zero attached hydrogens (tertiary/aromatic N) is 1. The molecule has 9 aromatic rings. The number of anilines is 3. The van der Waals surface area contributed by atoms with Crippen molar-refractivity contribution in [3.05, 3.63) is 164 Å². The fourth-order valence-corrected chi connectivity index (χ4v) is 7.90. The summed E-state index contributed by atoms with van der Waals surface area (Å²) < 4.78 is 2.62. The lowest BCUT2D eigenvalue weighted by molar-refractivity contribution is 1.31. The van der Waals surface area contributed by atoms with Gasteiger partial charge in [-0.2, -0.15) is 0 Å². The first-order valence-electron chi connectivity index (χ1n) is 15.0. The number of rotatable bonds is 4. The molecule has 0 radical (unpaired) electrons. The van der Waals surface area contributed by atoms with Crippen LogP contribution in [-0.2, 0) is 0 Å². The first-order chi connectivity index (χ1) is 21.8. The van der Waals surface area contributed by atoms with Gasteiger partial charge in [0, 0.05) is 36.9 Å². The van der Waals surface area contributed by atoms with Crippen LogP contribution in [0.3, 0.4) is 0 Å². The van der Waals surface area contributed by atoms with Crippen LogP contribution in [0.1, 0.15) is 0 Å². The summed E-state index contributed by atoms with van der Waals surface area (Å²) in [5, 5.41) is 10.3. The summed E-state index contributed by atoms with van der Waals surface area (Å²) in [5.74, 6) is 0. The first-order valence-corrected chi connectivity index (χ1v) is 15.8. The highest BCUT2D eigenvalue weighted by Crippen LogP contribution is 2.44. The van der Waals surface area contributed by atoms with Crippen LogP contribution in [0.15, 0.2) is 164 Å². The average Bonchev–Trinajstić information content (AvgIpc) is 3.47. The molecule has 0 fully saturated rings. The molecule has 0 aliphatic carbocycles. The molecule has 0 atom stereocenters. The molecule has 1 nitrogen and oxygen atoms in total. The van der Waals surface area contributed by atoms with E-state index < -0.39 is 0 Å². The highest BCUT2D eigenvalue weighted by atomic mass is 32.1. The summed E-state index contributed by atoms with van der Waals surface area (Å²) in [6.07, 6.45) is 0. The van der Waals surface area contributed by atoms with Gasteiger partial charge in [0.2, 0.25) is 0 Å². The fourth-order valence-electron chi connectivity index (χ4n) is 6.76. The summed E-state index contributed by atoms with van der Waals surface area (Å²) in [5.41, 5.74) is 5.90. The Bertz CT molecular complexity index is 2490. The second kappa shape index (κ2) is 10.1. The molecule has 0 saturated carbocycles. The van der Waals surface area contributed by atoms with Crippen molar-refractivity contribution < 1.29 is 0 Å². The van der Waals surface area contributed by atoms with E-state index in [9.17, 15) is 0 Å². The molecule has 8 aromatic carbocycles. The van der Waals surface area contributed by atoms with Crippen molar-refractivity contribution in [1.82, 2.24) is 0 Å². The van der Waals surface area contributed by atoms with Crippen LogP contribution in [0.5, 0.6) is 0 Å². The smallest absolute Gasteiger partial charge is 0.0540 e. The molecule has 0 amide bonds. The Kier molecular flexibility index (Phi) is 5.75. The standard InChI is InChI=1S/C42H27NS/c1-2-9-28(10-3-1)29-19-22-32(23-20-29)43(33-24-26-37-36-13-6-7-16-40(36)44-41(37)27-33)39-15-8-14-38-35(39)25-21-31-18-17-30-11-4-5-12-34(30)42(31)38/h1-27H. The van der Waals surface area contributed by atoms with Crippen molar-refractivity contribution in [3.63, 3.8) is 0 Å². The van der Waals surface area contributed by atoms with E-state index in [1.807, 2.05) is 11.3 Å². The van der Waals surface area contributed by atoms with Gasteiger partial charge in [-0.05, 0) is 74.5 Å². The Morgan fingerprint density at radius 2 is 1.00 bits per heavy atom. The fraction of sp³-hybridized carbons (Fsp3) is 0. The zero-order chi connectivity index (χ0) is 29.0. The lowest BCUT2D eigenvalue weighted by atomic mass is 9.95. The van der Waals surface area contributed by atoms with Gasteiger partial charge in [-0.1, -0.05) is 127 Å². The maximum absolute atomic E-state index is 2.43. The lowest BCUT2D eigenvalue weighted by Gasteiger charge is -2.27. The highest BCUT2D eigenvalue weighted by Gasteiger charge is 2.18. The normalized spacial score (nSPS) is 11.6. The molecule has 1 heterocycles. The predicted molar refractivity (Wildman–Crippen MR) is 192 cm³/mol. The molecule has 206 valence electrons. The first kappa shape index (κ1) is 25.1. The summed E-state index contributed by atoms with van der Waals surface area (Å²) in [6, 6.07) is 59.8. The Morgan fingerprint density at radius 3 is 1.89 bits per heavy atom. The number of hydrogen-bond acceptors (Lipinski definition) is 2. The predicted octanol–water partition coefficient (Wildman–Crippen LogP) is 12.7. The largest absolute Gasteiger partial charge is 0.310 e. The summed E-state index contributed by atoms with van der Waals surface area (Å²) in [4.78, 5) is 2.43. The van der Waals surface area contributed by atoms with E-state index in [2.05, 4.69) is 169 Å². The minimum atomic E-state index is 1.13. The van der Waals surface area contributed by atoms with E-state index in [-0.39, 0.29) is 0 Å². The molecule has 0 spiro atoms. The summed E-state index contributed by atoms with van der Waals surface area (Å²) in [6.45, 7) is 0. The van der Waals surface area contributed by atoms with Gasteiger partial charge in [-0.25, -0.2) is 0 Å². The van der Waals surface area contributed by atoms with Gasteiger partial charge in [-0.15, -0.1) is 11.3 Å². The second-order valence-electron chi connectivity index (χ2n) is 11.3. The zero-order valence-electron chi connectivity index (χ0n) is 23.9. The van der Waals surface area contributed by atoms with Crippen LogP contribution < -0.4 is 4.90 Å². The summed E-state index contributed by atoms with van der Waals surface area (Å²) >= 11 is 1.86. The van der Waals surface area contributed by atoms with Crippen molar-refractivity contribution in [2.45, 2.75) is 0 Å². The molecule has 9 rings (SSSR count). The quantitative estimate of drug-likeness (QED) is 0.188. The Morgan fingerprint density at radius 1 is 0.364 bits per heavy atom. The Balaban J connectivity index is 1.30. The third kappa shape index (κ3) is 4.00. The molecular formula is C42H27NS. The van der Waals surface area contributed by atoms with E-state index in [0.717, 1.165) is 11.4 Å². The van der Waals surface area contributed by atoms with Gasteiger partial charge in [0.1, 0.15) is 0 Å². The van der Waals surface area contributed by atoms with E-state index >= 15 is 0 Å². The minimum absolute atomic E-state index is 1.13. The van der Waals surface area contributed by atoms with Crippen LogP contribution in [0.4, 0.5) is 17.1 Å². The average molecular weight is 578 g/mol. The Hall–Kier alpha value is -5.44. The lowest BCUT2D eigenvalue weighted by Crippen LogP contribution is -2.10. The number of hydrogen-bond donors (Lipinski definition) is 0. The topological polar surface area (TPSA) is 3.24 Å². The zero-order valence-corrected chi connectivity index (χ0v) is 24.8. The van der Waals surface area contributed by atoms with E-state index in [4.69, 9.17) is 0 Å². The van der Waals surface area contributed by atoms with Gasteiger partial charge >= 0.3 is 0 Å². The second-order valence-corrected chi connectivity index (χ2v) is 12.4. The monoisotopic (exact) mass is 577 g/mol. The maximum Gasteiger partial charge on any atom is 0.0540 e. The molecular weight excluding hydrogens is 551 g/mol. The van der Waals surface area contributed by atoms with Crippen LogP contribution >= 0.6 is 11.3 Å². The molecule has 0 unspecified atom stereocenters.